The van der Waals surface area contributed by atoms with Gasteiger partial charge in [-0.05, 0) is 61.4 Å². The number of benzene rings is 2. The first-order valence-electron chi connectivity index (χ1n) is 6.65. The van der Waals surface area contributed by atoms with Gasteiger partial charge < -0.3 is 4.74 Å². The minimum Gasteiger partial charge on any atom is -0.490 e. The van der Waals surface area contributed by atoms with Gasteiger partial charge in [0.15, 0.2) is 5.78 Å². The number of aryl methyl sites for hydroxylation is 1. The zero-order chi connectivity index (χ0) is 14.3. The molecule has 0 saturated heterocycles. The molecule has 0 fully saturated rings. The lowest BCUT2D eigenvalue weighted by molar-refractivity contribution is 0.103. The van der Waals surface area contributed by atoms with E-state index in [-0.39, 0.29) is 17.7 Å². The topological polar surface area (TPSA) is 26.3 Å². The second-order valence-corrected chi connectivity index (χ2v) is 5.25. The number of halogens is 1. The van der Waals surface area contributed by atoms with E-state index in [0.29, 0.717) is 16.7 Å². The van der Waals surface area contributed by atoms with E-state index in [9.17, 15) is 9.18 Å². The molecule has 0 saturated carbocycles. The van der Waals surface area contributed by atoms with Gasteiger partial charge in [-0.25, -0.2) is 4.39 Å². The molecule has 1 aliphatic heterocycles. The highest BCUT2D eigenvalue weighted by molar-refractivity contribution is 6.09. The van der Waals surface area contributed by atoms with Crippen LogP contribution in [0.5, 0.6) is 5.75 Å². The van der Waals surface area contributed by atoms with Crippen molar-refractivity contribution in [1.82, 2.24) is 0 Å². The van der Waals surface area contributed by atoms with Crippen LogP contribution in [0.4, 0.5) is 4.39 Å². The number of hydrogen-bond donors (Lipinski definition) is 0. The van der Waals surface area contributed by atoms with E-state index in [1.165, 1.54) is 12.1 Å². The average Bonchev–Trinajstić information content (AvgIpc) is 2.80. The number of fused-ring (bicyclic) bond motifs is 1. The van der Waals surface area contributed by atoms with Crippen LogP contribution in [0.1, 0.15) is 34.0 Å². The molecule has 1 aliphatic rings. The van der Waals surface area contributed by atoms with Crippen molar-refractivity contribution in [2.24, 2.45) is 0 Å². The SMILES string of the molecule is Cc1cc(C(=O)c2ccc3c(c2)CC(C)O3)ccc1F. The Hall–Kier alpha value is -2.16. The van der Waals surface area contributed by atoms with Crippen LogP contribution in [0.15, 0.2) is 36.4 Å². The van der Waals surface area contributed by atoms with Crippen LogP contribution in [0, 0.1) is 12.7 Å². The van der Waals surface area contributed by atoms with Gasteiger partial charge in [-0.3, -0.25) is 4.79 Å². The lowest BCUT2D eigenvalue weighted by Crippen LogP contribution is -2.05. The molecular formula is C17H15FO2. The van der Waals surface area contributed by atoms with Crippen LogP contribution >= 0.6 is 0 Å². The van der Waals surface area contributed by atoms with E-state index >= 15 is 0 Å². The molecule has 0 aliphatic carbocycles. The van der Waals surface area contributed by atoms with Crippen molar-refractivity contribution >= 4 is 5.78 Å². The molecule has 1 atom stereocenters. The minimum absolute atomic E-state index is 0.0875. The van der Waals surface area contributed by atoms with Crippen molar-refractivity contribution in [2.45, 2.75) is 26.4 Å². The number of rotatable bonds is 2. The molecule has 1 unspecified atom stereocenters. The number of hydrogen-bond acceptors (Lipinski definition) is 2. The zero-order valence-corrected chi connectivity index (χ0v) is 11.4. The van der Waals surface area contributed by atoms with Gasteiger partial charge in [-0.2, -0.15) is 0 Å². The molecule has 102 valence electrons. The molecule has 20 heavy (non-hydrogen) atoms. The third-order valence-electron chi connectivity index (χ3n) is 3.58. The van der Waals surface area contributed by atoms with Gasteiger partial charge in [0.05, 0.1) is 0 Å². The first-order valence-corrected chi connectivity index (χ1v) is 6.65. The van der Waals surface area contributed by atoms with Crippen molar-refractivity contribution in [2.75, 3.05) is 0 Å². The molecule has 3 heteroatoms. The Morgan fingerprint density at radius 1 is 1.20 bits per heavy atom. The van der Waals surface area contributed by atoms with E-state index in [1.807, 2.05) is 19.1 Å². The van der Waals surface area contributed by atoms with E-state index in [2.05, 4.69) is 0 Å². The predicted molar refractivity (Wildman–Crippen MR) is 74.8 cm³/mol. The summed E-state index contributed by atoms with van der Waals surface area (Å²) in [4.78, 5) is 12.4. The Bertz CT molecular complexity index is 691. The molecule has 2 nitrogen and oxygen atoms in total. The fraction of sp³-hybridized carbons (Fsp3) is 0.235. The van der Waals surface area contributed by atoms with Gasteiger partial charge in [0.25, 0.3) is 0 Å². The maximum absolute atomic E-state index is 13.3. The molecule has 3 rings (SSSR count). The quantitative estimate of drug-likeness (QED) is 0.778. The van der Waals surface area contributed by atoms with Crippen LogP contribution in [0.25, 0.3) is 0 Å². The van der Waals surface area contributed by atoms with E-state index < -0.39 is 0 Å². The maximum atomic E-state index is 13.3. The summed E-state index contributed by atoms with van der Waals surface area (Å²) in [5.41, 5.74) is 2.67. The van der Waals surface area contributed by atoms with Crippen molar-refractivity contribution in [3.05, 3.63) is 64.5 Å². The van der Waals surface area contributed by atoms with Crippen LogP contribution in [0.3, 0.4) is 0 Å². The number of carbonyl (C=O) groups excluding carboxylic acids is 1. The van der Waals surface area contributed by atoms with Crippen LogP contribution in [-0.2, 0) is 6.42 Å². The van der Waals surface area contributed by atoms with Gasteiger partial charge in [0.2, 0.25) is 0 Å². The third kappa shape index (κ3) is 2.20. The molecule has 0 radical (unpaired) electrons. The van der Waals surface area contributed by atoms with Crippen molar-refractivity contribution < 1.29 is 13.9 Å². The highest BCUT2D eigenvalue weighted by Crippen LogP contribution is 2.30. The highest BCUT2D eigenvalue weighted by Gasteiger charge is 2.21. The molecular weight excluding hydrogens is 255 g/mol. The van der Waals surface area contributed by atoms with Gasteiger partial charge in [0, 0.05) is 17.5 Å². The van der Waals surface area contributed by atoms with Crippen molar-refractivity contribution in [1.29, 1.82) is 0 Å². The number of ketones is 1. The summed E-state index contributed by atoms with van der Waals surface area (Å²) < 4.78 is 18.9. The summed E-state index contributed by atoms with van der Waals surface area (Å²) in [7, 11) is 0. The molecule has 0 spiro atoms. The lowest BCUT2D eigenvalue weighted by atomic mass is 9.98. The minimum atomic E-state index is -0.294. The molecule has 0 amide bonds. The normalized spacial score (nSPS) is 16.6. The molecule has 1 heterocycles. The summed E-state index contributed by atoms with van der Waals surface area (Å²) in [6, 6.07) is 9.92. The first kappa shape index (κ1) is 12.9. The van der Waals surface area contributed by atoms with E-state index in [4.69, 9.17) is 4.74 Å². The fourth-order valence-electron chi connectivity index (χ4n) is 2.52. The van der Waals surface area contributed by atoms with Gasteiger partial charge in [-0.1, -0.05) is 0 Å². The Morgan fingerprint density at radius 2 is 1.90 bits per heavy atom. The third-order valence-corrected chi connectivity index (χ3v) is 3.58. The largest absolute Gasteiger partial charge is 0.490 e. The van der Waals surface area contributed by atoms with Crippen LogP contribution in [-0.4, -0.2) is 11.9 Å². The Labute approximate surface area is 117 Å². The molecule has 0 aromatic heterocycles. The lowest BCUT2D eigenvalue weighted by Gasteiger charge is -2.05. The Morgan fingerprint density at radius 3 is 2.65 bits per heavy atom. The van der Waals surface area contributed by atoms with Gasteiger partial charge in [0.1, 0.15) is 17.7 Å². The number of carbonyl (C=O) groups is 1. The smallest absolute Gasteiger partial charge is 0.193 e. The maximum Gasteiger partial charge on any atom is 0.193 e. The van der Waals surface area contributed by atoms with Gasteiger partial charge >= 0.3 is 0 Å². The zero-order valence-electron chi connectivity index (χ0n) is 11.4. The first-order chi connectivity index (χ1) is 9.54. The van der Waals surface area contributed by atoms with Crippen LogP contribution < -0.4 is 4.74 Å². The average molecular weight is 270 g/mol. The second kappa shape index (κ2) is 4.75. The predicted octanol–water partition coefficient (Wildman–Crippen LogP) is 3.69. The summed E-state index contributed by atoms with van der Waals surface area (Å²) in [6.45, 7) is 3.66. The monoisotopic (exact) mass is 270 g/mol. The molecule has 0 N–H and O–H groups in total. The Balaban J connectivity index is 1.95. The standard InChI is InChI=1S/C17H15FO2/c1-10-7-12(3-5-15(10)18)17(19)13-4-6-16-14(9-13)8-11(2)20-16/h3-7,9,11H,8H2,1-2H3. The summed E-state index contributed by atoms with van der Waals surface area (Å²) in [5, 5.41) is 0. The summed E-state index contributed by atoms with van der Waals surface area (Å²) in [6.07, 6.45) is 0.974. The van der Waals surface area contributed by atoms with Crippen molar-refractivity contribution in [3.8, 4) is 5.75 Å². The van der Waals surface area contributed by atoms with Crippen LogP contribution in [0.2, 0.25) is 0 Å². The van der Waals surface area contributed by atoms with Crippen molar-refractivity contribution in [3.63, 3.8) is 0 Å². The summed E-state index contributed by atoms with van der Waals surface area (Å²) in [5.74, 6) is 0.470. The van der Waals surface area contributed by atoms with E-state index in [1.54, 1.807) is 19.1 Å². The number of ether oxygens (including phenoxy) is 1. The molecule has 2 aromatic carbocycles. The molecule has 0 bridgehead atoms. The highest BCUT2D eigenvalue weighted by atomic mass is 19.1. The molecule has 2 aromatic rings. The summed E-state index contributed by atoms with van der Waals surface area (Å²) >= 11 is 0. The van der Waals surface area contributed by atoms with Gasteiger partial charge in [-0.15, -0.1) is 0 Å². The Kier molecular flexibility index (Phi) is 3.05. The van der Waals surface area contributed by atoms with E-state index in [0.717, 1.165) is 17.7 Å². The second-order valence-electron chi connectivity index (χ2n) is 5.25. The fourth-order valence-corrected chi connectivity index (χ4v) is 2.52.